The van der Waals surface area contributed by atoms with Crippen LogP contribution in [-0.2, 0) is 6.54 Å². The molecule has 0 fully saturated rings. The molecule has 1 N–H and O–H groups in total. The maximum Gasteiger partial charge on any atom is 0.286 e. The Hall–Kier alpha value is -3.13. The largest absolute Gasteiger partial charge is 0.497 e. The number of ether oxygens (including phenoxy) is 1. The lowest BCUT2D eigenvalue weighted by molar-refractivity contribution is 0.0925. The molecule has 3 aromatic rings. The maximum atomic E-state index is 12.7. The minimum Gasteiger partial charge on any atom is -0.497 e. The van der Waals surface area contributed by atoms with Gasteiger partial charge in [-0.05, 0) is 51.1 Å². The van der Waals surface area contributed by atoms with Crippen molar-refractivity contribution in [1.29, 1.82) is 0 Å². The van der Waals surface area contributed by atoms with Crippen LogP contribution in [0.25, 0.3) is 0 Å². The number of methoxy groups -OCH3 is 1. The summed E-state index contributed by atoms with van der Waals surface area (Å²) < 4.78 is 12.8. The standard InChI is InChI=1S/C21H23N3O4S/c1-5-22-20(26)18-10-9-17(28-18)12-24-13(2)14(3)29-21(24)23-19(25)15-7-6-8-16(11-15)27-4/h6-11H,5,12H2,1-4H3,(H,22,26). The van der Waals surface area contributed by atoms with Crippen LogP contribution in [0.1, 0.15) is 44.2 Å². The number of thiazole rings is 1. The first-order chi connectivity index (χ1) is 13.9. The number of nitrogens with zero attached hydrogens (tertiary/aromatic N) is 2. The third kappa shape index (κ3) is 4.65. The number of hydrogen-bond donors (Lipinski definition) is 1. The Balaban J connectivity index is 1.92. The molecule has 3 rings (SSSR count). The molecule has 0 spiro atoms. The number of aromatic nitrogens is 1. The normalized spacial score (nSPS) is 11.5. The van der Waals surface area contributed by atoms with Gasteiger partial charge in [0.25, 0.3) is 11.8 Å². The van der Waals surface area contributed by atoms with Gasteiger partial charge in [-0.25, -0.2) is 0 Å². The van der Waals surface area contributed by atoms with Crippen molar-refractivity contribution in [2.24, 2.45) is 4.99 Å². The van der Waals surface area contributed by atoms with Crippen LogP contribution >= 0.6 is 11.3 Å². The van der Waals surface area contributed by atoms with Crippen molar-refractivity contribution >= 4 is 23.2 Å². The van der Waals surface area contributed by atoms with Gasteiger partial charge >= 0.3 is 0 Å². The van der Waals surface area contributed by atoms with Crippen LogP contribution in [0, 0.1) is 13.8 Å². The molecule has 0 atom stereocenters. The average molecular weight is 413 g/mol. The van der Waals surface area contributed by atoms with Crippen molar-refractivity contribution in [2.45, 2.75) is 27.3 Å². The Morgan fingerprint density at radius 1 is 1.24 bits per heavy atom. The molecule has 0 aliphatic carbocycles. The lowest BCUT2D eigenvalue weighted by Crippen LogP contribution is -2.22. The van der Waals surface area contributed by atoms with E-state index in [9.17, 15) is 9.59 Å². The number of furan rings is 1. The van der Waals surface area contributed by atoms with Crippen LogP contribution in [-0.4, -0.2) is 30.0 Å². The zero-order chi connectivity index (χ0) is 21.0. The van der Waals surface area contributed by atoms with Crippen molar-refractivity contribution in [2.75, 3.05) is 13.7 Å². The van der Waals surface area contributed by atoms with Crippen LogP contribution in [0.3, 0.4) is 0 Å². The molecule has 0 unspecified atom stereocenters. The van der Waals surface area contributed by atoms with Gasteiger partial charge in [-0.15, -0.1) is 11.3 Å². The van der Waals surface area contributed by atoms with Crippen molar-refractivity contribution in [3.8, 4) is 5.75 Å². The van der Waals surface area contributed by atoms with E-state index in [2.05, 4.69) is 10.3 Å². The molecule has 0 aliphatic heterocycles. The maximum absolute atomic E-state index is 12.7. The Morgan fingerprint density at radius 2 is 2.03 bits per heavy atom. The fourth-order valence-electron chi connectivity index (χ4n) is 2.76. The summed E-state index contributed by atoms with van der Waals surface area (Å²) in [6.45, 7) is 6.70. The van der Waals surface area contributed by atoms with Crippen LogP contribution in [0.5, 0.6) is 5.75 Å². The van der Waals surface area contributed by atoms with Gasteiger partial charge in [0.2, 0.25) is 0 Å². The van der Waals surface area contributed by atoms with Gasteiger partial charge in [0.1, 0.15) is 11.5 Å². The Kier molecular flexibility index (Phi) is 6.33. The van der Waals surface area contributed by atoms with Gasteiger partial charge in [-0.3, -0.25) is 9.59 Å². The minimum atomic E-state index is -0.346. The molecular formula is C21H23N3O4S. The molecule has 0 bridgehead atoms. The molecule has 2 heterocycles. The smallest absolute Gasteiger partial charge is 0.286 e. The van der Waals surface area contributed by atoms with Crippen molar-refractivity contribution in [3.05, 3.63) is 68.9 Å². The zero-order valence-corrected chi connectivity index (χ0v) is 17.6. The molecule has 7 nitrogen and oxygen atoms in total. The molecule has 2 amide bonds. The number of aryl methyl sites for hydroxylation is 1. The topological polar surface area (TPSA) is 85.8 Å². The molecule has 2 aromatic heterocycles. The van der Waals surface area contributed by atoms with Gasteiger partial charge < -0.3 is 19.0 Å². The molecule has 29 heavy (non-hydrogen) atoms. The third-order valence-corrected chi connectivity index (χ3v) is 5.54. The molecule has 152 valence electrons. The highest BCUT2D eigenvalue weighted by Gasteiger charge is 2.14. The summed E-state index contributed by atoms with van der Waals surface area (Å²) in [4.78, 5) is 30.5. The van der Waals surface area contributed by atoms with E-state index in [0.717, 1.165) is 10.6 Å². The summed E-state index contributed by atoms with van der Waals surface area (Å²) in [5, 5.41) is 2.71. The van der Waals surface area contributed by atoms with Crippen LogP contribution < -0.4 is 14.9 Å². The van der Waals surface area contributed by atoms with E-state index in [1.807, 2.05) is 25.3 Å². The summed E-state index contributed by atoms with van der Waals surface area (Å²) in [6, 6.07) is 10.3. The van der Waals surface area contributed by atoms with E-state index in [1.54, 1.807) is 43.5 Å². The first-order valence-electron chi connectivity index (χ1n) is 9.19. The average Bonchev–Trinajstić information content (AvgIpc) is 3.29. The van der Waals surface area contributed by atoms with Crippen LogP contribution in [0.2, 0.25) is 0 Å². The van der Waals surface area contributed by atoms with Crippen molar-refractivity contribution < 1.29 is 18.7 Å². The number of benzene rings is 1. The van der Waals surface area contributed by atoms with E-state index in [0.29, 0.717) is 35.0 Å². The van der Waals surface area contributed by atoms with E-state index in [4.69, 9.17) is 9.15 Å². The highest BCUT2D eigenvalue weighted by atomic mass is 32.1. The summed E-state index contributed by atoms with van der Waals surface area (Å²) in [7, 11) is 1.55. The number of rotatable bonds is 6. The summed E-state index contributed by atoms with van der Waals surface area (Å²) in [5.74, 6) is 0.882. The van der Waals surface area contributed by atoms with Gasteiger partial charge in [-0.1, -0.05) is 6.07 Å². The molecule has 0 saturated carbocycles. The zero-order valence-electron chi connectivity index (χ0n) is 16.8. The molecule has 8 heteroatoms. The molecule has 0 radical (unpaired) electrons. The van der Waals surface area contributed by atoms with Crippen LogP contribution in [0.15, 0.2) is 45.8 Å². The lowest BCUT2D eigenvalue weighted by Gasteiger charge is -2.05. The third-order valence-electron chi connectivity index (χ3n) is 4.44. The minimum absolute atomic E-state index is 0.250. The quantitative estimate of drug-likeness (QED) is 0.672. The number of nitrogens with one attached hydrogen (secondary N) is 1. The predicted molar refractivity (Wildman–Crippen MR) is 110 cm³/mol. The molecule has 1 aromatic carbocycles. The van der Waals surface area contributed by atoms with Gasteiger partial charge in [0, 0.05) is 22.7 Å². The van der Waals surface area contributed by atoms with Gasteiger partial charge in [0.05, 0.1) is 13.7 Å². The second-order valence-corrected chi connectivity index (χ2v) is 7.57. The monoisotopic (exact) mass is 413 g/mol. The highest BCUT2D eigenvalue weighted by molar-refractivity contribution is 7.09. The Labute approximate surface area is 172 Å². The van der Waals surface area contributed by atoms with Crippen molar-refractivity contribution in [3.63, 3.8) is 0 Å². The number of carbonyl (C=O) groups is 2. The second kappa shape index (κ2) is 8.91. The van der Waals surface area contributed by atoms with E-state index >= 15 is 0 Å². The fourth-order valence-corrected chi connectivity index (χ4v) is 3.74. The molecule has 0 saturated heterocycles. The first kappa shape index (κ1) is 20.6. The molecule has 0 aliphatic rings. The first-order valence-corrected chi connectivity index (χ1v) is 10.0. The summed E-state index contributed by atoms with van der Waals surface area (Å²) in [5.41, 5.74) is 1.44. The second-order valence-electron chi connectivity index (χ2n) is 6.39. The SMILES string of the molecule is CCNC(=O)c1ccc(Cn2c(C)c(C)sc2=NC(=O)c2cccc(OC)c2)o1. The summed E-state index contributed by atoms with van der Waals surface area (Å²) in [6.07, 6.45) is 0. The van der Waals surface area contributed by atoms with E-state index in [1.165, 1.54) is 11.3 Å². The highest BCUT2D eigenvalue weighted by Crippen LogP contribution is 2.16. The van der Waals surface area contributed by atoms with Gasteiger partial charge in [0.15, 0.2) is 10.6 Å². The van der Waals surface area contributed by atoms with Crippen molar-refractivity contribution in [1.82, 2.24) is 9.88 Å². The van der Waals surface area contributed by atoms with E-state index < -0.39 is 0 Å². The number of hydrogen-bond acceptors (Lipinski definition) is 5. The van der Waals surface area contributed by atoms with Gasteiger partial charge in [-0.2, -0.15) is 4.99 Å². The van der Waals surface area contributed by atoms with Crippen LogP contribution in [0.4, 0.5) is 0 Å². The fraction of sp³-hybridized carbons (Fsp3) is 0.286. The van der Waals surface area contributed by atoms with E-state index in [-0.39, 0.29) is 17.6 Å². The Bertz CT molecular complexity index is 1110. The summed E-state index contributed by atoms with van der Waals surface area (Å²) >= 11 is 1.44. The number of carbonyl (C=O) groups excluding carboxylic acids is 2. The predicted octanol–water partition coefficient (Wildman–Crippen LogP) is 3.31. The lowest BCUT2D eigenvalue weighted by atomic mass is 10.2. The molecular weight excluding hydrogens is 390 g/mol. The Morgan fingerprint density at radius 3 is 2.76 bits per heavy atom. The number of amides is 2.